The smallest absolute Gasteiger partial charge is 0.195 e. The van der Waals surface area contributed by atoms with Gasteiger partial charge in [0.2, 0.25) is 0 Å². The molecule has 0 radical (unpaired) electrons. The van der Waals surface area contributed by atoms with Gasteiger partial charge in [0.05, 0.1) is 5.69 Å². The molecule has 0 bridgehead atoms. The molecule has 17 heavy (non-hydrogen) atoms. The van der Waals surface area contributed by atoms with Crippen LogP contribution in [0.5, 0.6) is 0 Å². The Morgan fingerprint density at radius 3 is 3.00 bits per heavy atom. The zero-order valence-corrected chi connectivity index (χ0v) is 10.2. The second-order valence-corrected chi connectivity index (χ2v) is 3.55. The summed E-state index contributed by atoms with van der Waals surface area (Å²) in [6.45, 7) is 4.39. The summed E-state index contributed by atoms with van der Waals surface area (Å²) in [6, 6.07) is 0. The molecule has 94 valence electrons. The normalized spacial score (nSPS) is 11.2. The van der Waals surface area contributed by atoms with Gasteiger partial charge in [0.1, 0.15) is 6.73 Å². The summed E-state index contributed by atoms with van der Waals surface area (Å²) < 4.78 is 6.94. The quantitative estimate of drug-likeness (QED) is 0.731. The van der Waals surface area contributed by atoms with Crippen molar-refractivity contribution in [2.75, 3.05) is 13.2 Å². The van der Waals surface area contributed by atoms with Crippen LogP contribution in [-0.2, 0) is 11.5 Å². The van der Waals surface area contributed by atoms with E-state index in [0.29, 0.717) is 31.3 Å². The second kappa shape index (κ2) is 6.98. The summed E-state index contributed by atoms with van der Waals surface area (Å²) >= 11 is 0. The van der Waals surface area contributed by atoms with Gasteiger partial charge in [0.15, 0.2) is 11.6 Å². The number of ether oxygens (including phenoxy) is 1. The van der Waals surface area contributed by atoms with Gasteiger partial charge in [-0.25, -0.2) is 4.98 Å². The fourth-order valence-corrected chi connectivity index (χ4v) is 1.36. The van der Waals surface area contributed by atoms with Gasteiger partial charge in [-0.3, -0.25) is 4.79 Å². The lowest BCUT2D eigenvalue weighted by Gasteiger charge is -2.04. The molecule has 1 N–H and O–H groups in total. The summed E-state index contributed by atoms with van der Waals surface area (Å²) in [5.41, 5.74) is 0.698. The number of aliphatic hydroxyl groups excluding tert-OH is 1. The topological polar surface area (TPSA) is 64.3 Å². The van der Waals surface area contributed by atoms with Crippen molar-refractivity contribution in [1.29, 1.82) is 0 Å². The zero-order valence-electron chi connectivity index (χ0n) is 10.2. The number of aliphatic hydroxyl groups is 1. The van der Waals surface area contributed by atoms with Crippen LogP contribution in [0.1, 0.15) is 36.6 Å². The summed E-state index contributed by atoms with van der Waals surface area (Å²) in [5, 5.41) is 8.66. The Labute approximate surface area is 101 Å². The molecule has 0 saturated carbocycles. The molecule has 1 heterocycles. The van der Waals surface area contributed by atoms with Gasteiger partial charge in [-0.05, 0) is 19.4 Å². The molecular weight excluding hydrogens is 220 g/mol. The maximum atomic E-state index is 11.4. The molecule has 0 aliphatic rings. The largest absolute Gasteiger partial charge is 0.396 e. The van der Waals surface area contributed by atoms with Gasteiger partial charge in [-0.1, -0.05) is 6.08 Å². The molecule has 0 aromatic carbocycles. The lowest BCUT2D eigenvalue weighted by atomic mass is 10.3. The van der Waals surface area contributed by atoms with Crippen LogP contribution in [0.2, 0.25) is 0 Å². The molecule has 0 amide bonds. The van der Waals surface area contributed by atoms with E-state index < -0.39 is 0 Å². The molecule has 0 fully saturated rings. The lowest BCUT2D eigenvalue weighted by molar-refractivity contribution is 0.0810. The summed E-state index contributed by atoms with van der Waals surface area (Å²) in [4.78, 5) is 15.6. The summed E-state index contributed by atoms with van der Waals surface area (Å²) in [7, 11) is 0. The third-order valence-electron chi connectivity index (χ3n) is 2.13. The van der Waals surface area contributed by atoms with E-state index in [1.54, 1.807) is 16.8 Å². The van der Waals surface area contributed by atoms with Crippen molar-refractivity contribution in [3.63, 3.8) is 0 Å². The zero-order chi connectivity index (χ0) is 12.7. The molecule has 1 rings (SSSR count). The monoisotopic (exact) mass is 238 g/mol. The highest BCUT2D eigenvalue weighted by Gasteiger charge is 2.10. The first kappa shape index (κ1) is 13.6. The van der Waals surface area contributed by atoms with E-state index in [4.69, 9.17) is 9.84 Å². The average Bonchev–Trinajstić information content (AvgIpc) is 2.70. The predicted molar refractivity (Wildman–Crippen MR) is 64.6 cm³/mol. The van der Waals surface area contributed by atoms with Gasteiger partial charge < -0.3 is 14.4 Å². The van der Waals surface area contributed by atoms with Gasteiger partial charge in [-0.2, -0.15) is 0 Å². The fraction of sp³-hybridized carbons (Fsp3) is 0.500. The number of rotatable bonds is 7. The highest BCUT2D eigenvalue weighted by Crippen LogP contribution is 2.07. The van der Waals surface area contributed by atoms with Crippen LogP contribution in [0.25, 0.3) is 6.08 Å². The Balaban J connectivity index is 2.83. The molecule has 1 aromatic rings. The summed E-state index contributed by atoms with van der Waals surface area (Å²) in [6.07, 6.45) is 5.94. The third kappa shape index (κ3) is 4.13. The molecular formula is C12H18N2O3. The highest BCUT2D eigenvalue weighted by atomic mass is 16.5. The maximum absolute atomic E-state index is 11.4. The number of ketones is 1. The van der Waals surface area contributed by atoms with E-state index in [9.17, 15) is 4.79 Å². The number of nitrogens with zero attached hydrogens (tertiary/aromatic N) is 2. The van der Waals surface area contributed by atoms with Crippen molar-refractivity contribution < 1.29 is 14.6 Å². The predicted octanol–water partition coefficient (Wildman–Crippen LogP) is 1.48. The van der Waals surface area contributed by atoms with Crippen LogP contribution in [0.3, 0.4) is 0 Å². The van der Waals surface area contributed by atoms with Crippen LogP contribution < -0.4 is 0 Å². The number of hydrogen-bond donors (Lipinski definition) is 1. The Morgan fingerprint density at radius 1 is 1.65 bits per heavy atom. The average molecular weight is 238 g/mol. The van der Waals surface area contributed by atoms with E-state index in [0.717, 1.165) is 0 Å². The van der Waals surface area contributed by atoms with E-state index in [1.807, 2.05) is 13.0 Å². The van der Waals surface area contributed by atoms with Crippen LogP contribution in [0, 0.1) is 0 Å². The van der Waals surface area contributed by atoms with Crippen molar-refractivity contribution in [3.8, 4) is 0 Å². The van der Waals surface area contributed by atoms with E-state index in [1.165, 1.54) is 6.92 Å². The molecule has 0 spiro atoms. The molecule has 1 aromatic heterocycles. The fourth-order valence-electron chi connectivity index (χ4n) is 1.36. The van der Waals surface area contributed by atoms with Crippen LogP contribution in [0.15, 0.2) is 12.3 Å². The molecule has 0 saturated heterocycles. The third-order valence-corrected chi connectivity index (χ3v) is 2.13. The van der Waals surface area contributed by atoms with Gasteiger partial charge >= 0.3 is 0 Å². The van der Waals surface area contributed by atoms with Crippen LogP contribution in [0.4, 0.5) is 0 Å². The Kier molecular flexibility index (Phi) is 5.59. The Morgan fingerprint density at radius 2 is 2.41 bits per heavy atom. The number of Topliss-reactive ketones (excluding diaryl/α,β-unsaturated/α-hetero) is 1. The minimum Gasteiger partial charge on any atom is -0.396 e. The van der Waals surface area contributed by atoms with Crippen LogP contribution >= 0.6 is 0 Å². The van der Waals surface area contributed by atoms with E-state index in [-0.39, 0.29) is 12.4 Å². The number of hydrogen-bond acceptors (Lipinski definition) is 4. The first-order valence-corrected chi connectivity index (χ1v) is 5.62. The standard InChI is InChI=1S/C12H18N2O3/c1-3-17-9-14-8-11(6-4-5-7-15)13-12(14)10(2)16/h4,6,8,15H,3,5,7,9H2,1-2H3/b6-4+. The van der Waals surface area contributed by atoms with Crippen molar-refractivity contribution in [3.05, 3.63) is 23.8 Å². The molecule has 0 aliphatic carbocycles. The number of aromatic nitrogens is 2. The van der Waals surface area contributed by atoms with Crippen molar-refractivity contribution >= 4 is 11.9 Å². The minimum absolute atomic E-state index is 0.0912. The van der Waals surface area contributed by atoms with Gasteiger partial charge in [0.25, 0.3) is 0 Å². The second-order valence-electron chi connectivity index (χ2n) is 3.55. The van der Waals surface area contributed by atoms with Crippen molar-refractivity contribution in [2.24, 2.45) is 0 Å². The molecule has 5 heteroatoms. The first-order chi connectivity index (χ1) is 8.19. The first-order valence-electron chi connectivity index (χ1n) is 5.62. The van der Waals surface area contributed by atoms with Crippen molar-refractivity contribution in [2.45, 2.75) is 27.0 Å². The van der Waals surface area contributed by atoms with Crippen molar-refractivity contribution in [1.82, 2.24) is 9.55 Å². The van der Waals surface area contributed by atoms with Gasteiger partial charge in [-0.15, -0.1) is 0 Å². The number of carbonyl (C=O) groups is 1. The molecule has 0 atom stereocenters. The van der Waals surface area contributed by atoms with E-state index in [2.05, 4.69) is 4.98 Å². The summed E-state index contributed by atoms with van der Waals surface area (Å²) in [5.74, 6) is 0.300. The lowest BCUT2D eigenvalue weighted by Crippen LogP contribution is -2.09. The van der Waals surface area contributed by atoms with E-state index >= 15 is 0 Å². The molecule has 5 nitrogen and oxygen atoms in total. The maximum Gasteiger partial charge on any atom is 0.195 e. The highest BCUT2D eigenvalue weighted by molar-refractivity contribution is 5.90. The Bertz CT molecular complexity index is 396. The molecule has 0 unspecified atom stereocenters. The SMILES string of the molecule is CCOCn1cc(/C=C/CCO)nc1C(C)=O. The Hall–Kier alpha value is -1.46. The molecule has 0 aliphatic heterocycles. The minimum atomic E-state index is -0.0912. The van der Waals surface area contributed by atoms with Crippen LogP contribution in [-0.4, -0.2) is 33.7 Å². The number of carbonyl (C=O) groups excluding carboxylic acids is 1. The van der Waals surface area contributed by atoms with Gasteiger partial charge in [0, 0.05) is 26.3 Å². The number of imidazole rings is 1.